The highest BCUT2D eigenvalue weighted by Gasteiger charge is 2.14. The van der Waals surface area contributed by atoms with E-state index in [4.69, 9.17) is 16.9 Å². The van der Waals surface area contributed by atoms with Crippen LogP contribution in [0, 0.1) is 25.2 Å². The molecule has 4 nitrogen and oxygen atoms in total. The Bertz CT molecular complexity index is 637. The lowest BCUT2D eigenvalue weighted by Gasteiger charge is -2.11. The molecule has 2 aromatic rings. The van der Waals surface area contributed by atoms with E-state index in [1.807, 2.05) is 32.0 Å². The molecule has 0 aliphatic rings. The van der Waals surface area contributed by atoms with Crippen LogP contribution in [-0.4, -0.2) is 9.78 Å². The first-order chi connectivity index (χ1) is 8.54. The van der Waals surface area contributed by atoms with E-state index in [0.717, 1.165) is 11.3 Å². The predicted molar refractivity (Wildman–Crippen MR) is 72.1 cm³/mol. The van der Waals surface area contributed by atoms with Crippen molar-refractivity contribution in [2.75, 3.05) is 5.32 Å². The molecule has 92 valence electrons. The van der Waals surface area contributed by atoms with Crippen molar-refractivity contribution < 1.29 is 0 Å². The molecule has 0 saturated carbocycles. The molecule has 0 radical (unpaired) electrons. The highest BCUT2D eigenvalue weighted by Crippen LogP contribution is 2.28. The van der Waals surface area contributed by atoms with Crippen LogP contribution in [0.15, 0.2) is 18.2 Å². The summed E-state index contributed by atoms with van der Waals surface area (Å²) >= 11 is 6.07. The first-order valence-electron chi connectivity index (χ1n) is 5.50. The Balaban J connectivity index is 2.47. The van der Waals surface area contributed by atoms with Crippen molar-refractivity contribution >= 4 is 23.1 Å². The molecule has 1 N–H and O–H groups in total. The molecule has 1 aromatic heterocycles. The molecule has 5 heteroatoms. The van der Waals surface area contributed by atoms with Gasteiger partial charge in [0.2, 0.25) is 0 Å². The number of benzene rings is 1. The highest BCUT2D eigenvalue weighted by molar-refractivity contribution is 6.31. The van der Waals surface area contributed by atoms with Gasteiger partial charge in [0.15, 0.2) is 0 Å². The molecule has 0 spiro atoms. The molecular weight excluding hydrogens is 248 g/mol. The van der Waals surface area contributed by atoms with Crippen LogP contribution in [0.1, 0.15) is 16.8 Å². The lowest BCUT2D eigenvalue weighted by Crippen LogP contribution is -2.01. The van der Waals surface area contributed by atoms with Gasteiger partial charge < -0.3 is 5.32 Å². The van der Waals surface area contributed by atoms with Gasteiger partial charge in [0.25, 0.3) is 0 Å². The zero-order chi connectivity index (χ0) is 13.3. The fraction of sp³-hybridized carbons (Fsp3) is 0.231. The first kappa shape index (κ1) is 12.5. The van der Waals surface area contributed by atoms with Crippen LogP contribution in [0.2, 0.25) is 5.02 Å². The fourth-order valence-corrected chi connectivity index (χ4v) is 1.98. The van der Waals surface area contributed by atoms with Gasteiger partial charge in [-0.15, -0.1) is 0 Å². The van der Waals surface area contributed by atoms with Crippen molar-refractivity contribution in [1.29, 1.82) is 5.26 Å². The van der Waals surface area contributed by atoms with Gasteiger partial charge in [0, 0.05) is 17.8 Å². The Morgan fingerprint density at radius 2 is 2.11 bits per heavy atom. The number of rotatable bonds is 2. The summed E-state index contributed by atoms with van der Waals surface area (Å²) in [5.74, 6) is 0.681. The summed E-state index contributed by atoms with van der Waals surface area (Å²) in [6, 6.07) is 7.78. The average molecular weight is 261 g/mol. The molecule has 0 amide bonds. The molecule has 1 heterocycles. The Morgan fingerprint density at radius 3 is 2.78 bits per heavy atom. The second-order valence-corrected chi connectivity index (χ2v) is 4.49. The number of nitrogens with zero attached hydrogens (tertiary/aromatic N) is 3. The summed E-state index contributed by atoms with van der Waals surface area (Å²) in [6.07, 6.45) is 0. The van der Waals surface area contributed by atoms with Gasteiger partial charge in [-0.25, -0.2) is 0 Å². The van der Waals surface area contributed by atoms with Crippen molar-refractivity contribution in [3.8, 4) is 6.07 Å². The topological polar surface area (TPSA) is 53.6 Å². The number of halogens is 1. The largest absolute Gasteiger partial charge is 0.339 e. The number of aryl methyl sites for hydroxylation is 2. The number of anilines is 2. The maximum atomic E-state index is 9.15. The van der Waals surface area contributed by atoms with Crippen LogP contribution in [0.5, 0.6) is 0 Å². The maximum Gasteiger partial charge on any atom is 0.146 e. The van der Waals surface area contributed by atoms with Crippen LogP contribution in [0.4, 0.5) is 11.5 Å². The van der Waals surface area contributed by atoms with Crippen LogP contribution in [0.25, 0.3) is 0 Å². The smallest absolute Gasteiger partial charge is 0.146 e. The molecule has 0 saturated heterocycles. The number of hydrogen-bond donors (Lipinski definition) is 1. The van der Waals surface area contributed by atoms with Gasteiger partial charge in [0.1, 0.15) is 17.5 Å². The average Bonchev–Trinajstić information content (AvgIpc) is 2.59. The van der Waals surface area contributed by atoms with E-state index >= 15 is 0 Å². The van der Waals surface area contributed by atoms with Gasteiger partial charge in [-0.3, -0.25) is 4.68 Å². The molecule has 0 aliphatic heterocycles. The van der Waals surface area contributed by atoms with E-state index in [9.17, 15) is 0 Å². The summed E-state index contributed by atoms with van der Waals surface area (Å²) in [7, 11) is 1.80. The van der Waals surface area contributed by atoms with E-state index in [0.29, 0.717) is 22.1 Å². The molecule has 18 heavy (non-hydrogen) atoms. The third-order valence-electron chi connectivity index (χ3n) is 2.85. The number of aromatic nitrogens is 2. The molecule has 0 fully saturated rings. The molecule has 0 aliphatic carbocycles. The zero-order valence-corrected chi connectivity index (χ0v) is 11.2. The molecular formula is C13H13ClN4. The molecule has 0 bridgehead atoms. The summed E-state index contributed by atoms with van der Waals surface area (Å²) < 4.78 is 1.66. The van der Waals surface area contributed by atoms with Gasteiger partial charge in [0.05, 0.1) is 5.69 Å². The van der Waals surface area contributed by atoms with Gasteiger partial charge in [-0.05, 0) is 31.5 Å². The summed E-state index contributed by atoms with van der Waals surface area (Å²) in [6.45, 7) is 3.74. The monoisotopic (exact) mass is 260 g/mol. The van der Waals surface area contributed by atoms with Gasteiger partial charge >= 0.3 is 0 Å². The lowest BCUT2D eigenvalue weighted by molar-refractivity contribution is 0.765. The normalized spacial score (nSPS) is 10.2. The minimum Gasteiger partial charge on any atom is -0.339 e. The van der Waals surface area contributed by atoms with Crippen molar-refractivity contribution in [1.82, 2.24) is 9.78 Å². The van der Waals surface area contributed by atoms with Crippen molar-refractivity contribution in [2.45, 2.75) is 13.8 Å². The van der Waals surface area contributed by atoms with Crippen LogP contribution >= 0.6 is 11.6 Å². The SMILES string of the molecule is Cc1nn(C)c(Nc2cccc(Cl)c2C)c1C#N. The van der Waals surface area contributed by atoms with Crippen molar-refractivity contribution in [3.63, 3.8) is 0 Å². The summed E-state index contributed by atoms with van der Waals surface area (Å²) in [4.78, 5) is 0. The Labute approximate surface area is 111 Å². The third-order valence-corrected chi connectivity index (χ3v) is 3.26. The second kappa shape index (κ2) is 4.71. The Hall–Kier alpha value is -1.99. The van der Waals surface area contributed by atoms with Crippen molar-refractivity contribution in [2.24, 2.45) is 7.05 Å². The Morgan fingerprint density at radius 1 is 1.39 bits per heavy atom. The van der Waals surface area contributed by atoms with E-state index in [1.54, 1.807) is 11.7 Å². The Kier molecular flexibility index (Phi) is 3.26. The van der Waals surface area contributed by atoms with Gasteiger partial charge in [-0.2, -0.15) is 10.4 Å². The maximum absolute atomic E-state index is 9.15. The van der Waals surface area contributed by atoms with E-state index in [1.165, 1.54) is 0 Å². The van der Waals surface area contributed by atoms with Crippen LogP contribution < -0.4 is 5.32 Å². The summed E-state index contributed by atoms with van der Waals surface area (Å²) in [5, 5.41) is 17.3. The molecule has 0 atom stereocenters. The quantitative estimate of drug-likeness (QED) is 0.901. The van der Waals surface area contributed by atoms with E-state index in [-0.39, 0.29) is 0 Å². The minimum absolute atomic E-state index is 0.553. The molecule has 0 unspecified atom stereocenters. The first-order valence-corrected chi connectivity index (χ1v) is 5.88. The predicted octanol–water partition coefficient (Wildman–Crippen LogP) is 3.31. The third kappa shape index (κ3) is 2.05. The van der Waals surface area contributed by atoms with E-state index in [2.05, 4.69) is 16.5 Å². The second-order valence-electron chi connectivity index (χ2n) is 4.08. The summed E-state index contributed by atoms with van der Waals surface area (Å²) in [5.41, 5.74) is 3.09. The number of hydrogen-bond acceptors (Lipinski definition) is 3. The van der Waals surface area contributed by atoms with E-state index < -0.39 is 0 Å². The molecule has 1 aromatic carbocycles. The minimum atomic E-state index is 0.553. The van der Waals surface area contributed by atoms with Crippen molar-refractivity contribution in [3.05, 3.63) is 40.0 Å². The van der Waals surface area contributed by atoms with Crippen LogP contribution in [0.3, 0.4) is 0 Å². The lowest BCUT2D eigenvalue weighted by atomic mass is 10.2. The number of nitrogens with one attached hydrogen (secondary N) is 1. The number of nitriles is 1. The van der Waals surface area contributed by atoms with Gasteiger partial charge in [-0.1, -0.05) is 17.7 Å². The zero-order valence-electron chi connectivity index (χ0n) is 10.5. The molecule has 2 rings (SSSR count). The highest BCUT2D eigenvalue weighted by atomic mass is 35.5. The van der Waals surface area contributed by atoms with Crippen LogP contribution in [-0.2, 0) is 7.05 Å². The fourth-order valence-electron chi connectivity index (χ4n) is 1.81. The standard InChI is InChI=1S/C13H13ClN4/c1-8-11(14)5-4-6-12(8)16-13-10(7-15)9(2)17-18(13)3/h4-6,16H,1-3H3.